The predicted octanol–water partition coefficient (Wildman–Crippen LogP) is 17.0. The van der Waals surface area contributed by atoms with Crippen molar-refractivity contribution in [3.8, 4) is 0 Å². The number of nitrogens with zero attached hydrogens (tertiary/aromatic N) is 1. The third-order valence-electron chi connectivity index (χ3n) is 12.4. The molecule has 0 aliphatic rings. The van der Waals surface area contributed by atoms with E-state index in [0.717, 1.165) is 89.9 Å². The molecule has 71 heavy (non-hydrogen) atoms. The number of hydrogen-bond acceptors (Lipinski definition) is 7. The van der Waals surface area contributed by atoms with E-state index in [9.17, 15) is 19.5 Å². The third-order valence-corrected chi connectivity index (χ3v) is 12.4. The van der Waals surface area contributed by atoms with Crippen molar-refractivity contribution < 1.29 is 42.9 Å². The van der Waals surface area contributed by atoms with Crippen LogP contribution in [0.3, 0.4) is 0 Å². The highest BCUT2D eigenvalue weighted by molar-refractivity contribution is 5.71. The first-order valence-electron chi connectivity index (χ1n) is 29.1. The van der Waals surface area contributed by atoms with Gasteiger partial charge in [0, 0.05) is 12.8 Å². The van der Waals surface area contributed by atoms with E-state index in [1.807, 2.05) is 21.1 Å². The van der Waals surface area contributed by atoms with Crippen molar-refractivity contribution >= 4 is 17.9 Å². The van der Waals surface area contributed by atoms with Crippen LogP contribution in [0.15, 0.2) is 72.9 Å². The minimum Gasteiger partial charge on any atom is -0.477 e. The van der Waals surface area contributed by atoms with Crippen LogP contribution < -0.4 is 0 Å². The van der Waals surface area contributed by atoms with Crippen molar-refractivity contribution in [1.82, 2.24) is 0 Å². The average molecular weight is 998 g/mol. The van der Waals surface area contributed by atoms with E-state index in [1.165, 1.54) is 128 Å². The molecule has 0 aromatic rings. The normalized spacial score (nSPS) is 13.3. The van der Waals surface area contributed by atoms with Crippen LogP contribution >= 0.6 is 0 Å². The van der Waals surface area contributed by atoms with E-state index in [-0.39, 0.29) is 32.2 Å². The summed E-state index contributed by atoms with van der Waals surface area (Å²) in [5, 5.41) is 9.68. The molecular formula is C62H110NO8+. The van der Waals surface area contributed by atoms with Gasteiger partial charge in [0.1, 0.15) is 13.2 Å². The Labute approximate surface area is 437 Å². The lowest BCUT2D eigenvalue weighted by atomic mass is 10.0. The fourth-order valence-electron chi connectivity index (χ4n) is 7.98. The minimum absolute atomic E-state index is 0.186. The first kappa shape index (κ1) is 67.7. The van der Waals surface area contributed by atoms with E-state index >= 15 is 0 Å². The number of hydrogen-bond donors (Lipinski definition) is 1. The molecule has 0 saturated carbocycles. The Morgan fingerprint density at radius 1 is 0.437 bits per heavy atom. The van der Waals surface area contributed by atoms with Crippen LogP contribution in [0.4, 0.5) is 0 Å². The van der Waals surface area contributed by atoms with Gasteiger partial charge in [-0.05, 0) is 83.5 Å². The molecule has 0 radical (unpaired) electrons. The molecule has 0 saturated heterocycles. The topological polar surface area (TPSA) is 108 Å². The first-order valence-corrected chi connectivity index (χ1v) is 29.1. The highest BCUT2D eigenvalue weighted by Gasteiger charge is 2.25. The summed E-state index contributed by atoms with van der Waals surface area (Å²) in [5.41, 5.74) is 0. The second kappa shape index (κ2) is 53.0. The van der Waals surface area contributed by atoms with Gasteiger partial charge in [0.05, 0.1) is 34.4 Å². The lowest BCUT2D eigenvalue weighted by molar-refractivity contribution is -0.870. The maximum atomic E-state index is 12.9. The molecule has 0 aromatic heterocycles. The monoisotopic (exact) mass is 997 g/mol. The van der Waals surface area contributed by atoms with E-state index < -0.39 is 24.3 Å². The summed E-state index contributed by atoms with van der Waals surface area (Å²) in [6, 6.07) is 0. The molecule has 9 heteroatoms. The van der Waals surface area contributed by atoms with Crippen molar-refractivity contribution in [2.45, 2.75) is 257 Å². The van der Waals surface area contributed by atoms with E-state index in [2.05, 4.69) is 86.8 Å². The Kier molecular flexibility index (Phi) is 50.6. The van der Waals surface area contributed by atoms with Crippen molar-refractivity contribution in [1.29, 1.82) is 0 Å². The number of rotatable bonds is 53. The number of carbonyl (C=O) groups excluding carboxylic acids is 2. The van der Waals surface area contributed by atoms with Crippen molar-refractivity contribution in [2.24, 2.45) is 0 Å². The zero-order valence-corrected chi connectivity index (χ0v) is 46.6. The van der Waals surface area contributed by atoms with E-state index in [1.54, 1.807) is 0 Å². The number of carbonyl (C=O) groups is 3. The largest absolute Gasteiger partial charge is 0.477 e. The molecular weight excluding hydrogens is 887 g/mol. The maximum absolute atomic E-state index is 12.9. The van der Waals surface area contributed by atoms with Crippen LogP contribution in [0.1, 0.15) is 245 Å². The van der Waals surface area contributed by atoms with E-state index in [4.69, 9.17) is 18.9 Å². The number of carboxylic acid groups (broad SMARTS) is 1. The van der Waals surface area contributed by atoms with Gasteiger partial charge in [-0.1, -0.05) is 222 Å². The van der Waals surface area contributed by atoms with Gasteiger partial charge in [-0.2, -0.15) is 0 Å². The van der Waals surface area contributed by atoms with Gasteiger partial charge in [-0.15, -0.1) is 0 Å². The van der Waals surface area contributed by atoms with Crippen molar-refractivity contribution in [3.63, 3.8) is 0 Å². The summed E-state index contributed by atoms with van der Waals surface area (Å²) in [6.45, 7) is 4.75. The Morgan fingerprint density at radius 3 is 1.21 bits per heavy atom. The van der Waals surface area contributed by atoms with Gasteiger partial charge in [0.2, 0.25) is 0 Å². The summed E-state index contributed by atoms with van der Waals surface area (Å²) in [5.74, 6) is -2.01. The first-order chi connectivity index (χ1) is 34.6. The molecule has 2 unspecified atom stereocenters. The number of ether oxygens (including phenoxy) is 4. The van der Waals surface area contributed by atoms with Gasteiger partial charge < -0.3 is 28.5 Å². The number of allylic oxidation sites excluding steroid dienone is 12. The average Bonchev–Trinajstić information content (AvgIpc) is 3.34. The van der Waals surface area contributed by atoms with E-state index in [0.29, 0.717) is 17.4 Å². The zero-order valence-electron chi connectivity index (χ0n) is 46.6. The van der Waals surface area contributed by atoms with Crippen LogP contribution in [-0.2, 0) is 33.3 Å². The Morgan fingerprint density at radius 2 is 0.803 bits per heavy atom. The minimum atomic E-state index is -1.51. The number of aliphatic carboxylic acids is 1. The third kappa shape index (κ3) is 54.3. The number of carboxylic acids is 1. The molecule has 0 heterocycles. The van der Waals surface area contributed by atoms with Gasteiger partial charge in [0.15, 0.2) is 6.10 Å². The Hall–Kier alpha value is -3.27. The lowest BCUT2D eigenvalue weighted by Crippen LogP contribution is -2.40. The summed E-state index contributed by atoms with van der Waals surface area (Å²) in [4.78, 5) is 37.3. The smallest absolute Gasteiger partial charge is 0.361 e. The fourth-order valence-corrected chi connectivity index (χ4v) is 7.98. The maximum Gasteiger partial charge on any atom is 0.361 e. The molecule has 0 rings (SSSR count). The van der Waals surface area contributed by atoms with Crippen LogP contribution in [0.2, 0.25) is 0 Å². The molecule has 1 N–H and O–H groups in total. The molecule has 0 aliphatic heterocycles. The SMILES string of the molecule is CC/C=C\C/C=C\C/C=C\C/C=C\C/C=C\CCCCCCCCCCCCCCCCCCCC(=O)OC(COC(=O)CCCCCCC/C=C\CCCCCC)COC(OCC[N+](C)(C)C)C(=O)O. The number of quaternary nitrogens is 1. The molecule has 2 atom stereocenters. The summed E-state index contributed by atoms with van der Waals surface area (Å²) < 4.78 is 22.8. The van der Waals surface area contributed by atoms with Gasteiger partial charge >= 0.3 is 17.9 Å². The summed E-state index contributed by atoms with van der Waals surface area (Å²) in [6.07, 6.45) is 65.6. The zero-order chi connectivity index (χ0) is 52.0. The molecule has 0 aromatic carbocycles. The number of likely N-dealkylation sites (N-methyl/N-ethyl adjacent to an activating group) is 1. The van der Waals surface area contributed by atoms with Crippen LogP contribution in [0.5, 0.6) is 0 Å². The number of unbranched alkanes of at least 4 members (excludes halogenated alkanes) is 26. The molecule has 0 amide bonds. The van der Waals surface area contributed by atoms with Crippen molar-refractivity contribution in [3.05, 3.63) is 72.9 Å². The summed E-state index contributed by atoms with van der Waals surface area (Å²) >= 11 is 0. The van der Waals surface area contributed by atoms with Crippen molar-refractivity contribution in [2.75, 3.05) is 47.5 Å². The fraction of sp³-hybridized carbons (Fsp3) is 0.758. The second-order valence-corrected chi connectivity index (χ2v) is 20.6. The second-order valence-electron chi connectivity index (χ2n) is 20.6. The molecule has 0 bridgehead atoms. The predicted molar refractivity (Wildman–Crippen MR) is 299 cm³/mol. The molecule has 9 nitrogen and oxygen atoms in total. The Bertz CT molecular complexity index is 1390. The Balaban J connectivity index is 4.10. The summed E-state index contributed by atoms with van der Waals surface area (Å²) in [7, 11) is 5.96. The van der Waals surface area contributed by atoms with Gasteiger partial charge in [-0.25, -0.2) is 4.79 Å². The number of esters is 2. The van der Waals surface area contributed by atoms with Crippen LogP contribution in [0, 0.1) is 0 Å². The molecule has 410 valence electrons. The highest BCUT2D eigenvalue weighted by atomic mass is 16.7. The molecule has 0 aliphatic carbocycles. The van der Waals surface area contributed by atoms with Crippen LogP contribution in [0.25, 0.3) is 0 Å². The van der Waals surface area contributed by atoms with Gasteiger partial charge in [-0.3, -0.25) is 9.59 Å². The lowest BCUT2D eigenvalue weighted by Gasteiger charge is -2.25. The highest BCUT2D eigenvalue weighted by Crippen LogP contribution is 2.16. The van der Waals surface area contributed by atoms with Gasteiger partial charge in [0.25, 0.3) is 6.29 Å². The molecule has 0 spiro atoms. The standard InChI is InChI=1S/C62H109NO8/c1-6-8-10-12-14-16-18-20-21-22-23-24-25-26-27-28-29-30-31-32-33-34-35-36-37-38-39-41-43-45-47-49-51-53-60(65)71-58(57-70-62(61(66)67)68-55-54-63(3,4)5)56-69-59(64)52-50-48-46-44-42-40-19-17-15-13-11-9-7-2/h8,10,14,16-17,19-21,23-24,26-27,58,62H,6-7,9,11-13,15,18,22,25,28-57H2,1-5H3/p+1/b10-8-,16-14-,19-17-,21-20-,24-23-,27-26-. The van der Waals surface area contributed by atoms with Crippen LogP contribution in [-0.4, -0.2) is 87.4 Å². The molecule has 0 fully saturated rings. The quantitative estimate of drug-likeness (QED) is 0.0211.